The predicted octanol–water partition coefficient (Wildman–Crippen LogP) is 2.21. The van der Waals surface area contributed by atoms with Gasteiger partial charge >= 0.3 is 5.97 Å². The molecular weight excluding hydrogens is 249 g/mol. The number of hydrogen-bond donors (Lipinski definition) is 0. The maximum absolute atomic E-state index is 14.2. The Labute approximate surface area is 111 Å². The highest BCUT2D eigenvalue weighted by molar-refractivity contribution is 5.99. The summed E-state index contributed by atoms with van der Waals surface area (Å²) in [4.78, 5) is 24.4. The molecule has 1 heterocycles. The molecule has 0 fully saturated rings. The minimum atomic E-state index is -2.08. The quantitative estimate of drug-likeness (QED) is 0.622. The van der Waals surface area contributed by atoms with E-state index in [1.54, 1.807) is 19.1 Å². The van der Waals surface area contributed by atoms with E-state index in [-0.39, 0.29) is 18.9 Å². The topological polar surface area (TPSA) is 46.6 Å². The average molecular weight is 265 g/mol. The average Bonchev–Trinajstić information content (AvgIpc) is 2.56. The molecule has 1 unspecified atom stereocenters. The van der Waals surface area contributed by atoms with Crippen LogP contribution in [0.4, 0.5) is 10.1 Å². The molecule has 0 saturated heterocycles. The zero-order valence-electron chi connectivity index (χ0n) is 10.8. The van der Waals surface area contributed by atoms with E-state index < -0.39 is 12.3 Å². The summed E-state index contributed by atoms with van der Waals surface area (Å²) in [7, 11) is 0. The van der Waals surface area contributed by atoms with Crippen molar-refractivity contribution in [3.63, 3.8) is 0 Å². The van der Waals surface area contributed by atoms with Gasteiger partial charge in [0, 0.05) is 6.42 Å². The molecule has 5 heteroatoms. The summed E-state index contributed by atoms with van der Waals surface area (Å²) in [5.74, 6) is -1.40. The number of nitrogens with zero attached hydrogens (tertiary/aromatic N) is 1. The van der Waals surface area contributed by atoms with E-state index in [2.05, 4.69) is 4.74 Å². The highest BCUT2D eigenvalue weighted by Gasteiger charge is 2.34. The number of hydrogen-bond acceptors (Lipinski definition) is 3. The van der Waals surface area contributed by atoms with E-state index in [1.807, 2.05) is 12.1 Å². The van der Waals surface area contributed by atoms with Gasteiger partial charge in [-0.25, -0.2) is 9.18 Å². The van der Waals surface area contributed by atoms with Crippen LogP contribution in [0, 0.1) is 0 Å². The van der Waals surface area contributed by atoms with Gasteiger partial charge in [-0.05, 0) is 31.4 Å². The standard InChI is InChI=1S/C14H16FNO3/c1-2-19-14(18)13(15)16-11-8-4-3-6-10(11)7-5-9-12(16)17/h3-4,6,8,13H,2,5,7,9H2,1H3. The maximum atomic E-state index is 14.2. The number of fused-ring (bicyclic) bond motifs is 1. The first-order chi connectivity index (χ1) is 9.15. The van der Waals surface area contributed by atoms with Gasteiger partial charge in [0.25, 0.3) is 6.30 Å². The lowest BCUT2D eigenvalue weighted by Crippen LogP contribution is -2.43. The Kier molecular flexibility index (Phi) is 4.14. The first-order valence-electron chi connectivity index (χ1n) is 6.35. The summed E-state index contributed by atoms with van der Waals surface area (Å²) in [6, 6.07) is 7.07. The summed E-state index contributed by atoms with van der Waals surface area (Å²) >= 11 is 0. The molecule has 0 spiro atoms. The molecular formula is C14H16FNO3. The van der Waals surface area contributed by atoms with Gasteiger partial charge in [0.2, 0.25) is 5.91 Å². The van der Waals surface area contributed by atoms with Crippen LogP contribution in [-0.4, -0.2) is 24.8 Å². The lowest BCUT2D eigenvalue weighted by Gasteiger charge is -2.25. The molecule has 0 saturated carbocycles. The van der Waals surface area contributed by atoms with Gasteiger partial charge in [-0.2, -0.15) is 0 Å². The zero-order chi connectivity index (χ0) is 13.8. The van der Waals surface area contributed by atoms with Crippen LogP contribution in [0.2, 0.25) is 0 Å². The van der Waals surface area contributed by atoms with Crippen molar-refractivity contribution in [1.29, 1.82) is 0 Å². The van der Waals surface area contributed by atoms with Crippen molar-refractivity contribution >= 4 is 17.6 Å². The van der Waals surface area contributed by atoms with Crippen molar-refractivity contribution in [2.75, 3.05) is 11.5 Å². The number of para-hydroxylation sites is 1. The van der Waals surface area contributed by atoms with Crippen LogP contribution in [0.3, 0.4) is 0 Å². The molecule has 102 valence electrons. The number of carbonyl (C=O) groups excluding carboxylic acids is 2. The molecule has 1 amide bonds. The van der Waals surface area contributed by atoms with Crippen molar-refractivity contribution in [2.45, 2.75) is 32.5 Å². The Balaban J connectivity index is 2.36. The van der Waals surface area contributed by atoms with Crippen molar-refractivity contribution < 1.29 is 18.7 Å². The van der Waals surface area contributed by atoms with Crippen molar-refractivity contribution in [3.05, 3.63) is 29.8 Å². The van der Waals surface area contributed by atoms with E-state index in [0.29, 0.717) is 18.5 Å². The van der Waals surface area contributed by atoms with Crippen LogP contribution in [0.5, 0.6) is 0 Å². The fraction of sp³-hybridized carbons (Fsp3) is 0.429. The number of alkyl halides is 1. The van der Waals surface area contributed by atoms with Gasteiger partial charge in [0.05, 0.1) is 12.3 Å². The highest BCUT2D eigenvalue weighted by Crippen LogP contribution is 2.29. The third-order valence-corrected chi connectivity index (χ3v) is 3.06. The smallest absolute Gasteiger partial charge is 0.362 e. The molecule has 1 atom stereocenters. The lowest BCUT2D eigenvalue weighted by atomic mass is 10.1. The fourth-order valence-corrected chi connectivity index (χ4v) is 2.21. The Morgan fingerprint density at radius 1 is 1.42 bits per heavy atom. The first-order valence-corrected chi connectivity index (χ1v) is 6.35. The summed E-state index contributed by atoms with van der Waals surface area (Å²) < 4.78 is 18.9. The van der Waals surface area contributed by atoms with Crippen molar-refractivity contribution in [1.82, 2.24) is 0 Å². The van der Waals surface area contributed by atoms with Crippen molar-refractivity contribution in [3.8, 4) is 0 Å². The van der Waals surface area contributed by atoms with Gasteiger partial charge in [-0.15, -0.1) is 0 Å². The second-order valence-corrected chi connectivity index (χ2v) is 4.33. The van der Waals surface area contributed by atoms with Crippen LogP contribution in [0.1, 0.15) is 25.3 Å². The third-order valence-electron chi connectivity index (χ3n) is 3.06. The molecule has 1 aromatic rings. The van der Waals surface area contributed by atoms with Crippen LogP contribution >= 0.6 is 0 Å². The Hall–Kier alpha value is -1.91. The third kappa shape index (κ3) is 2.75. The molecule has 2 rings (SSSR count). The van der Waals surface area contributed by atoms with E-state index in [4.69, 9.17) is 0 Å². The van der Waals surface area contributed by atoms with E-state index in [9.17, 15) is 14.0 Å². The van der Waals surface area contributed by atoms with Gasteiger partial charge in [0.1, 0.15) is 0 Å². The SMILES string of the molecule is CCOC(=O)C(F)N1C(=O)CCCc2ccccc21. The molecule has 4 nitrogen and oxygen atoms in total. The number of aryl methyl sites for hydroxylation is 1. The van der Waals surface area contributed by atoms with Gasteiger partial charge in [-0.3, -0.25) is 9.69 Å². The van der Waals surface area contributed by atoms with Crippen molar-refractivity contribution in [2.24, 2.45) is 0 Å². The molecule has 1 aromatic carbocycles. The number of rotatable bonds is 3. The molecule has 1 aliphatic heterocycles. The minimum Gasteiger partial charge on any atom is -0.462 e. The van der Waals surface area contributed by atoms with Crippen LogP contribution in [0.15, 0.2) is 24.3 Å². The van der Waals surface area contributed by atoms with E-state index in [1.165, 1.54) is 0 Å². The lowest BCUT2D eigenvalue weighted by molar-refractivity contribution is -0.150. The number of halogens is 1. The van der Waals surface area contributed by atoms with Gasteiger partial charge < -0.3 is 4.74 Å². The predicted molar refractivity (Wildman–Crippen MR) is 68.4 cm³/mol. The molecule has 0 aliphatic carbocycles. The van der Waals surface area contributed by atoms with Crippen LogP contribution < -0.4 is 4.90 Å². The zero-order valence-corrected chi connectivity index (χ0v) is 10.8. The van der Waals surface area contributed by atoms with Gasteiger partial charge in [0.15, 0.2) is 0 Å². The molecule has 0 bridgehead atoms. The first kappa shape index (κ1) is 13.5. The highest BCUT2D eigenvalue weighted by atomic mass is 19.1. The number of carbonyl (C=O) groups is 2. The van der Waals surface area contributed by atoms with Gasteiger partial charge in [-0.1, -0.05) is 18.2 Å². The molecule has 0 N–H and O–H groups in total. The van der Waals surface area contributed by atoms with Crippen LogP contribution in [-0.2, 0) is 20.7 Å². The second kappa shape index (κ2) is 5.82. The molecule has 0 radical (unpaired) electrons. The number of benzene rings is 1. The Morgan fingerprint density at radius 3 is 2.89 bits per heavy atom. The summed E-state index contributed by atoms with van der Waals surface area (Å²) in [5, 5.41) is 0. The number of esters is 1. The molecule has 1 aliphatic rings. The Morgan fingerprint density at radius 2 is 2.16 bits per heavy atom. The second-order valence-electron chi connectivity index (χ2n) is 4.33. The summed E-state index contributed by atoms with van der Waals surface area (Å²) in [5.41, 5.74) is 1.34. The summed E-state index contributed by atoms with van der Waals surface area (Å²) in [6.45, 7) is 1.69. The van der Waals surface area contributed by atoms with E-state index >= 15 is 0 Å². The van der Waals surface area contributed by atoms with E-state index in [0.717, 1.165) is 10.5 Å². The fourth-order valence-electron chi connectivity index (χ4n) is 2.21. The Bertz CT molecular complexity index is 489. The monoisotopic (exact) mass is 265 g/mol. The maximum Gasteiger partial charge on any atom is 0.362 e. The number of anilines is 1. The normalized spacial score (nSPS) is 16.5. The molecule has 19 heavy (non-hydrogen) atoms. The minimum absolute atomic E-state index is 0.0862. The number of amides is 1. The van der Waals surface area contributed by atoms with Crippen LogP contribution in [0.25, 0.3) is 0 Å². The molecule has 0 aromatic heterocycles. The largest absolute Gasteiger partial charge is 0.462 e. The number of ether oxygens (including phenoxy) is 1. The summed E-state index contributed by atoms with van der Waals surface area (Å²) in [6.07, 6.45) is -0.489.